The number of hydrogen-bond donors (Lipinski definition) is 0. The molecule has 0 rings (SSSR count). The second-order valence-electron chi connectivity index (χ2n) is 5.52. The highest BCUT2D eigenvalue weighted by Crippen LogP contribution is 2.50. The van der Waals surface area contributed by atoms with Crippen molar-refractivity contribution >= 4 is 7.60 Å². The Labute approximate surface area is 125 Å². The fraction of sp³-hybridized carbons (Fsp3) is 0.875. The van der Waals surface area contributed by atoms with Crippen LogP contribution in [0.15, 0.2) is 11.9 Å². The summed E-state index contributed by atoms with van der Waals surface area (Å²) in [6.07, 6.45) is 13.3. The molecule has 20 heavy (non-hydrogen) atoms. The molecule has 120 valence electrons. The Morgan fingerprint density at radius 1 is 1.00 bits per heavy atom. The Kier molecular flexibility index (Phi) is 12.5. The molecule has 0 aliphatic carbocycles. The van der Waals surface area contributed by atoms with Gasteiger partial charge in [-0.3, -0.25) is 4.57 Å². The van der Waals surface area contributed by atoms with Gasteiger partial charge < -0.3 is 9.05 Å². The summed E-state index contributed by atoms with van der Waals surface area (Å²) in [6.45, 7) is 5.96. The van der Waals surface area contributed by atoms with Gasteiger partial charge in [0.1, 0.15) is 0 Å². The molecule has 0 aliphatic rings. The molecular weight excluding hydrogens is 271 g/mol. The maximum Gasteiger partial charge on any atom is 0.353 e. The second kappa shape index (κ2) is 12.6. The lowest BCUT2D eigenvalue weighted by molar-refractivity contribution is 0.195. The zero-order valence-corrected chi connectivity index (χ0v) is 14.7. The average molecular weight is 304 g/mol. The van der Waals surface area contributed by atoms with Crippen molar-refractivity contribution < 1.29 is 13.6 Å². The Morgan fingerprint density at radius 3 is 2.05 bits per heavy atom. The molecule has 0 saturated heterocycles. The Balaban J connectivity index is 3.62. The molecule has 0 radical (unpaired) electrons. The lowest BCUT2D eigenvalue weighted by Gasteiger charge is -2.14. The van der Waals surface area contributed by atoms with Gasteiger partial charge in [0.15, 0.2) is 0 Å². The fourth-order valence-corrected chi connectivity index (χ4v) is 3.31. The van der Waals surface area contributed by atoms with Crippen molar-refractivity contribution in [1.82, 2.24) is 0 Å². The zero-order valence-electron chi connectivity index (χ0n) is 13.8. The standard InChI is InChI=1S/C16H33O3P/c1-5-6-7-8-9-10-11-12-13-14-15-20(17,18-4)19-16(2)3/h14-16H,5-13H2,1-4H3. The summed E-state index contributed by atoms with van der Waals surface area (Å²) in [5, 5.41) is 0. The third-order valence-electron chi connectivity index (χ3n) is 3.12. The Hall–Kier alpha value is -0.110. The molecule has 0 aliphatic heterocycles. The number of rotatable bonds is 13. The minimum atomic E-state index is -3.01. The third-order valence-corrected chi connectivity index (χ3v) is 4.92. The van der Waals surface area contributed by atoms with Crippen molar-refractivity contribution in [1.29, 1.82) is 0 Å². The summed E-state index contributed by atoms with van der Waals surface area (Å²) in [6, 6.07) is 0. The van der Waals surface area contributed by atoms with E-state index in [9.17, 15) is 4.57 Å². The van der Waals surface area contributed by atoms with Gasteiger partial charge in [0.2, 0.25) is 0 Å². The quantitative estimate of drug-likeness (QED) is 0.296. The van der Waals surface area contributed by atoms with Crippen molar-refractivity contribution in [2.45, 2.75) is 84.7 Å². The molecule has 0 aromatic carbocycles. The lowest BCUT2D eigenvalue weighted by atomic mass is 10.1. The van der Waals surface area contributed by atoms with Crippen LogP contribution in [0.3, 0.4) is 0 Å². The van der Waals surface area contributed by atoms with Crippen LogP contribution in [0, 0.1) is 0 Å². The largest absolute Gasteiger partial charge is 0.353 e. The molecule has 3 nitrogen and oxygen atoms in total. The second-order valence-corrected chi connectivity index (χ2v) is 7.48. The van der Waals surface area contributed by atoms with Gasteiger partial charge in [-0.25, -0.2) is 0 Å². The van der Waals surface area contributed by atoms with E-state index in [1.54, 1.807) is 5.82 Å². The van der Waals surface area contributed by atoms with E-state index in [0.29, 0.717) is 0 Å². The van der Waals surface area contributed by atoms with Gasteiger partial charge in [0, 0.05) is 12.9 Å². The highest BCUT2D eigenvalue weighted by Gasteiger charge is 2.19. The van der Waals surface area contributed by atoms with E-state index in [4.69, 9.17) is 9.05 Å². The monoisotopic (exact) mass is 304 g/mol. The molecule has 1 unspecified atom stereocenters. The summed E-state index contributed by atoms with van der Waals surface area (Å²) >= 11 is 0. The van der Waals surface area contributed by atoms with E-state index in [-0.39, 0.29) is 6.10 Å². The van der Waals surface area contributed by atoms with Crippen molar-refractivity contribution in [3.05, 3.63) is 11.9 Å². The fourth-order valence-electron chi connectivity index (χ4n) is 2.03. The molecule has 0 amide bonds. The first-order valence-corrected chi connectivity index (χ1v) is 9.67. The van der Waals surface area contributed by atoms with Crippen LogP contribution in [-0.2, 0) is 13.6 Å². The Bertz CT molecular complexity index is 287. The van der Waals surface area contributed by atoms with Gasteiger partial charge in [-0.15, -0.1) is 0 Å². The van der Waals surface area contributed by atoms with Crippen molar-refractivity contribution in [2.75, 3.05) is 7.11 Å². The van der Waals surface area contributed by atoms with Crippen LogP contribution in [-0.4, -0.2) is 13.2 Å². The van der Waals surface area contributed by atoms with Gasteiger partial charge in [-0.2, -0.15) is 0 Å². The summed E-state index contributed by atoms with van der Waals surface area (Å²) in [5.41, 5.74) is 0. The summed E-state index contributed by atoms with van der Waals surface area (Å²) < 4.78 is 22.4. The molecule has 0 spiro atoms. The van der Waals surface area contributed by atoms with Crippen LogP contribution in [0.25, 0.3) is 0 Å². The third kappa shape index (κ3) is 11.7. The topological polar surface area (TPSA) is 35.5 Å². The van der Waals surface area contributed by atoms with E-state index in [1.807, 2.05) is 19.9 Å². The summed E-state index contributed by atoms with van der Waals surface area (Å²) in [7, 11) is -1.58. The normalized spacial score (nSPS) is 15.1. The van der Waals surface area contributed by atoms with E-state index in [2.05, 4.69) is 6.92 Å². The summed E-state index contributed by atoms with van der Waals surface area (Å²) in [4.78, 5) is 0. The lowest BCUT2D eigenvalue weighted by Crippen LogP contribution is -2.00. The smallest absolute Gasteiger partial charge is 0.309 e. The molecule has 0 N–H and O–H groups in total. The minimum absolute atomic E-state index is 0.0893. The van der Waals surface area contributed by atoms with Crippen molar-refractivity contribution in [2.24, 2.45) is 0 Å². The van der Waals surface area contributed by atoms with E-state index < -0.39 is 7.60 Å². The first-order valence-electron chi connectivity index (χ1n) is 8.05. The number of allylic oxidation sites excluding steroid dienone is 1. The highest BCUT2D eigenvalue weighted by atomic mass is 31.2. The highest BCUT2D eigenvalue weighted by molar-refractivity contribution is 7.57. The van der Waals surface area contributed by atoms with Gasteiger partial charge in [0.05, 0.1) is 6.10 Å². The number of hydrogen-bond acceptors (Lipinski definition) is 3. The maximum atomic E-state index is 12.1. The molecule has 0 heterocycles. The average Bonchev–Trinajstić information content (AvgIpc) is 2.40. The predicted octanol–water partition coefficient (Wildman–Crippen LogP) is 6.30. The van der Waals surface area contributed by atoms with E-state index in [0.717, 1.165) is 12.8 Å². The Morgan fingerprint density at radius 2 is 1.55 bits per heavy atom. The molecule has 0 saturated carbocycles. The maximum absolute atomic E-state index is 12.1. The summed E-state index contributed by atoms with van der Waals surface area (Å²) in [5.74, 6) is 1.61. The van der Waals surface area contributed by atoms with Crippen LogP contribution in [0.5, 0.6) is 0 Å². The van der Waals surface area contributed by atoms with Crippen LogP contribution in [0.2, 0.25) is 0 Å². The van der Waals surface area contributed by atoms with Crippen molar-refractivity contribution in [3.63, 3.8) is 0 Å². The molecular formula is C16H33O3P. The molecule has 0 bridgehead atoms. The van der Waals surface area contributed by atoms with Crippen LogP contribution >= 0.6 is 7.60 Å². The SMILES string of the molecule is CCCCCCCCCCC=CP(=O)(OC)OC(C)C. The van der Waals surface area contributed by atoms with Gasteiger partial charge in [-0.05, 0) is 26.7 Å². The van der Waals surface area contributed by atoms with Gasteiger partial charge in [-0.1, -0.05) is 57.9 Å². The zero-order chi connectivity index (χ0) is 15.3. The van der Waals surface area contributed by atoms with Crippen LogP contribution in [0.1, 0.15) is 78.6 Å². The van der Waals surface area contributed by atoms with Gasteiger partial charge in [0.25, 0.3) is 0 Å². The minimum Gasteiger partial charge on any atom is -0.309 e. The van der Waals surface area contributed by atoms with E-state index >= 15 is 0 Å². The van der Waals surface area contributed by atoms with Crippen LogP contribution in [0.4, 0.5) is 0 Å². The molecule has 0 aromatic rings. The predicted molar refractivity (Wildman–Crippen MR) is 87.2 cm³/mol. The molecule has 1 atom stereocenters. The molecule has 0 aromatic heterocycles. The first-order chi connectivity index (χ1) is 9.54. The molecule has 0 fully saturated rings. The van der Waals surface area contributed by atoms with Gasteiger partial charge >= 0.3 is 7.60 Å². The van der Waals surface area contributed by atoms with Crippen molar-refractivity contribution in [3.8, 4) is 0 Å². The van der Waals surface area contributed by atoms with Crippen LogP contribution < -0.4 is 0 Å². The first kappa shape index (κ1) is 19.9. The number of unbranched alkanes of at least 4 members (excludes halogenated alkanes) is 8. The molecule has 4 heteroatoms. The van der Waals surface area contributed by atoms with E-state index in [1.165, 1.54) is 52.1 Å².